The Balaban J connectivity index is 2.13. The van der Waals surface area contributed by atoms with Gasteiger partial charge >= 0.3 is 0 Å². The minimum absolute atomic E-state index is 0.0900. The van der Waals surface area contributed by atoms with Crippen molar-refractivity contribution in [1.29, 1.82) is 0 Å². The van der Waals surface area contributed by atoms with Gasteiger partial charge < -0.3 is 5.11 Å². The van der Waals surface area contributed by atoms with Gasteiger partial charge in [-0.1, -0.05) is 0 Å². The standard InChI is InChI=1S/C11H13F2NO3S/c12-9-2-1-8(5-10(9)13)18(16,17)14-6-11(7-15)3-4-11/h1-2,5,14-15H,3-4,6-7H2. The smallest absolute Gasteiger partial charge is 0.240 e. The summed E-state index contributed by atoms with van der Waals surface area (Å²) in [4.78, 5) is -0.324. The molecule has 1 aliphatic carbocycles. The third-order valence-corrected chi connectivity index (χ3v) is 4.53. The number of aliphatic hydroxyl groups excluding tert-OH is 1. The van der Waals surface area contributed by atoms with Crippen molar-refractivity contribution in [2.45, 2.75) is 17.7 Å². The quantitative estimate of drug-likeness (QED) is 0.844. The van der Waals surface area contributed by atoms with E-state index in [2.05, 4.69) is 4.72 Å². The highest BCUT2D eigenvalue weighted by molar-refractivity contribution is 7.89. The molecule has 0 aliphatic heterocycles. The second-order valence-corrected chi connectivity index (χ2v) is 6.33. The van der Waals surface area contributed by atoms with Gasteiger partial charge in [0.2, 0.25) is 10.0 Å². The molecule has 1 fully saturated rings. The van der Waals surface area contributed by atoms with Gasteiger partial charge in [0.25, 0.3) is 0 Å². The van der Waals surface area contributed by atoms with Crippen LogP contribution in [-0.4, -0.2) is 26.7 Å². The van der Waals surface area contributed by atoms with Crippen molar-refractivity contribution in [1.82, 2.24) is 4.72 Å². The third-order valence-electron chi connectivity index (χ3n) is 3.13. The lowest BCUT2D eigenvalue weighted by Crippen LogP contribution is -2.32. The van der Waals surface area contributed by atoms with Crippen molar-refractivity contribution in [3.05, 3.63) is 29.8 Å². The Labute approximate surface area is 104 Å². The molecule has 0 amide bonds. The summed E-state index contributed by atoms with van der Waals surface area (Å²) in [6.07, 6.45) is 1.51. The average molecular weight is 277 g/mol. The lowest BCUT2D eigenvalue weighted by molar-refractivity contribution is 0.213. The maximum atomic E-state index is 13.0. The number of hydrogen-bond donors (Lipinski definition) is 2. The summed E-state index contributed by atoms with van der Waals surface area (Å²) in [5.74, 6) is -2.30. The maximum Gasteiger partial charge on any atom is 0.240 e. The summed E-state index contributed by atoms with van der Waals surface area (Å²) in [7, 11) is -3.87. The second kappa shape index (κ2) is 4.56. The van der Waals surface area contributed by atoms with Gasteiger partial charge in [0.05, 0.1) is 4.90 Å². The molecule has 0 saturated heterocycles. The van der Waals surface area contributed by atoms with E-state index in [9.17, 15) is 17.2 Å². The summed E-state index contributed by atoms with van der Waals surface area (Å²) in [5, 5.41) is 9.06. The van der Waals surface area contributed by atoms with Gasteiger partial charge in [0.15, 0.2) is 11.6 Å². The van der Waals surface area contributed by atoms with Crippen LogP contribution in [0.2, 0.25) is 0 Å². The van der Waals surface area contributed by atoms with Gasteiger partial charge in [-0.3, -0.25) is 0 Å². The molecule has 0 unspecified atom stereocenters. The predicted molar refractivity (Wildman–Crippen MR) is 60.3 cm³/mol. The Bertz CT molecular complexity index is 555. The van der Waals surface area contributed by atoms with Crippen LogP contribution in [0.1, 0.15) is 12.8 Å². The largest absolute Gasteiger partial charge is 0.396 e. The average Bonchev–Trinajstić information content (AvgIpc) is 3.11. The first-order chi connectivity index (χ1) is 8.38. The molecule has 2 N–H and O–H groups in total. The molecule has 0 heterocycles. The van der Waals surface area contributed by atoms with E-state index >= 15 is 0 Å². The van der Waals surface area contributed by atoms with Crippen LogP contribution < -0.4 is 4.72 Å². The minimum Gasteiger partial charge on any atom is -0.396 e. The van der Waals surface area contributed by atoms with Crippen LogP contribution in [0, 0.1) is 17.0 Å². The molecule has 0 atom stereocenters. The Kier molecular flexibility index (Phi) is 3.39. The molecule has 1 aromatic carbocycles. The van der Waals surface area contributed by atoms with Crippen molar-refractivity contribution in [3.63, 3.8) is 0 Å². The minimum atomic E-state index is -3.87. The SMILES string of the molecule is O=S(=O)(NCC1(CO)CC1)c1ccc(F)c(F)c1. The number of aliphatic hydroxyl groups is 1. The van der Waals surface area contributed by atoms with Crippen LogP contribution in [0.4, 0.5) is 8.78 Å². The fourth-order valence-electron chi connectivity index (χ4n) is 1.54. The molecule has 4 nitrogen and oxygen atoms in total. The molecule has 0 aromatic heterocycles. The second-order valence-electron chi connectivity index (χ2n) is 4.56. The zero-order valence-corrected chi connectivity index (χ0v) is 10.3. The van der Waals surface area contributed by atoms with Crippen molar-refractivity contribution in [2.75, 3.05) is 13.2 Å². The topological polar surface area (TPSA) is 66.4 Å². The number of sulfonamides is 1. The molecule has 1 aromatic rings. The molecule has 1 saturated carbocycles. The van der Waals surface area contributed by atoms with Crippen LogP contribution in [0.3, 0.4) is 0 Å². The van der Waals surface area contributed by atoms with Crippen molar-refractivity contribution < 1.29 is 22.3 Å². The normalized spacial score (nSPS) is 17.7. The molecule has 0 radical (unpaired) electrons. The van der Waals surface area contributed by atoms with E-state index in [0.29, 0.717) is 6.07 Å². The number of benzene rings is 1. The summed E-state index contributed by atoms with van der Waals surface area (Å²) >= 11 is 0. The molecule has 1 aliphatic rings. The first kappa shape index (κ1) is 13.4. The Morgan fingerprint density at radius 1 is 1.28 bits per heavy atom. The van der Waals surface area contributed by atoms with E-state index in [1.165, 1.54) is 0 Å². The van der Waals surface area contributed by atoms with E-state index in [0.717, 1.165) is 25.0 Å². The number of nitrogens with one attached hydrogen (secondary N) is 1. The van der Waals surface area contributed by atoms with Gasteiger partial charge in [-0.25, -0.2) is 21.9 Å². The van der Waals surface area contributed by atoms with Gasteiger partial charge in [-0.15, -0.1) is 0 Å². The predicted octanol–water partition coefficient (Wildman–Crippen LogP) is 1.02. The van der Waals surface area contributed by atoms with Crippen molar-refractivity contribution >= 4 is 10.0 Å². The zero-order valence-electron chi connectivity index (χ0n) is 9.49. The highest BCUT2D eigenvalue weighted by Crippen LogP contribution is 2.44. The van der Waals surface area contributed by atoms with Crippen LogP contribution in [0.15, 0.2) is 23.1 Å². The van der Waals surface area contributed by atoms with E-state index in [-0.39, 0.29) is 23.5 Å². The molecule has 100 valence electrons. The molecular formula is C11H13F2NO3S. The van der Waals surface area contributed by atoms with Crippen LogP contribution in [0.5, 0.6) is 0 Å². The first-order valence-corrected chi connectivity index (χ1v) is 6.92. The van der Waals surface area contributed by atoms with Gasteiger partial charge in [0, 0.05) is 18.6 Å². The fraction of sp³-hybridized carbons (Fsp3) is 0.455. The Morgan fingerprint density at radius 2 is 1.94 bits per heavy atom. The lowest BCUT2D eigenvalue weighted by Gasteiger charge is -2.13. The molecular weight excluding hydrogens is 264 g/mol. The summed E-state index contributed by atoms with van der Waals surface area (Å²) in [5.41, 5.74) is -0.383. The summed E-state index contributed by atoms with van der Waals surface area (Å²) in [6, 6.07) is 2.40. The monoisotopic (exact) mass is 277 g/mol. The highest BCUT2D eigenvalue weighted by atomic mass is 32.2. The van der Waals surface area contributed by atoms with Gasteiger partial charge in [0.1, 0.15) is 0 Å². The van der Waals surface area contributed by atoms with Crippen LogP contribution >= 0.6 is 0 Å². The zero-order chi connectivity index (χ0) is 13.4. The number of rotatable bonds is 5. The summed E-state index contributed by atoms with van der Waals surface area (Å²) in [6.45, 7) is 0.0120. The number of halogens is 2. The van der Waals surface area contributed by atoms with Gasteiger partial charge in [-0.05, 0) is 31.0 Å². The third kappa shape index (κ3) is 2.68. The van der Waals surface area contributed by atoms with Crippen molar-refractivity contribution in [2.24, 2.45) is 5.41 Å². The highest BCUT2D eigenvalue weighted by Gasteiger charge is 2.42. The van der Waals surface area contributed by atoms with Crippen molar-refractivity contribution in [3.8, 4) is 0 Å². The Morgan fingerprint density at radius 3 is 2.44 bits per heavy atom. The molecule has 0 spiro atoms. The molecule has 18 heavy (non-hydrogen) atoms. The fourth-order valence-corrected chi connectivity index (χ4v) is 2.71. The van der Waals surface area contributed by atoms with E-state index in [1.54, 1.807) is 0 Å². The van der Waals surface area contributed by atoms with E-state index in [1.807, 2.05) is 0 Å². The lowest BCUT2D eigenvalue weighted by atomic mass is 10.1. The summed E-state index contributed by atoms with van der Waals surface area (Å²) < 4.78 is 51.6. The van der Waals surface area contributed by atoms with E-state index < -0.39 is 21.7 Å². The Hall–Kier alpha value is -1.05. The van der Waals surface area contributed by atoms with E-state index in [4.69, 9.17) is 5.11 Å². The number of hydrogen-bond acceptors (Lipinski definition) is 3. The molecule has 7 heteroatoms. The first-order valence-electron chi connectivity index (χ1n) is 5.44. The van der Waals surface area contributed by atoms with Gasteiger partial charge in [-0.2, -0.15) is 0 Å². The molecule has 0 bridgehead atoms. The van der Waals surface area contributed by atoms with Crippen LogP contribution in [-0.2, 0) is 10.0 Å². The molecule has 2 rings (SSSR count). The van der Waals surface area contributed by atoms with Crippen LogP contribution in [0.25, 0.3) is 0 Å². The maximum absolute atomic E-state index is 13.0.